The third kappa shape index (κ3) is 5.90. The summed E-state index contributed by atoms with van der Waals surface area (Å²) in [6.07, 6.45) is 4.42. The fourth-order valence-corrected chi connectivity index (χ4v) is 4.17. The average molecular weight is 439 g/mol. The summed E-state index contributed by atoms with van der Waals surface area (Å²) < 4.78 is 7.32. The summed E-state index contributed by atoms with van der Waals surface area (Å²) in [5.41, 5.74) is 1.82. The lowest BCUT2D eigenvalue weighted by Gasteiger charge is -2.26. The van der Waals surface area contributed by atoms with Crippen LogP contribution in [0.1, 0.15) is 6.42 Å². The molecule has 0 radical (unpaired) electrons. The number of morpholine rings is 1. The topological polar surface area (TPSA) is 85.2 Å². The number of ether oxygens (including phenoxy) is 1. The van der Waals surface area contributed by atoms with Crippen LogP contribution >= 0.6 is 11.8 Å². The van der Waals surface area contributed by atoms with Crippen molar-refractivity contribution >= 4 is 17.7 Å². The zero-order valence-corrected chi connectivity index (χ0v) is 18.1. The number of amides is 1. The lowest BCUT2D eigenvalue weighted by molar-refractivity contribution is -0.118. The molecule has 0 saturated carbocycles. The smallest absolute Gasteiger partial charge is 0.230 e. The number of carbonyl (C=O) groups is 1. The Bertz CT molecular complexity index is 961. The number of carbonyl (C=O) groups excluding carboxylic acids is 1. The van der Waals surface area contributed by atoms with Gasteiger partial charge in [-0.05, 0) is 37.2 Å². The van der Waals surface area contributed by atoms with Gasteiger partial charge in [0.05, 0.1) is 19.0 Å². The van der Waals surface area contributed by atoms with Crippen LogP contribution in [0.2, 0.25) is 0 Å². The molecule has 1 aromatic carbocycles. The van der Waals surface area contributed by atoms with Crippen molar-refractivity contribution in [2.24, 2.45) is 0 Å². The van der Waals surface area contributed by atoms with Crippen LogP contribution in [-0.4, -0.2) is 75.7 Å². The van der Waals surface area contributed by atoms with Gasteiger partial charge in [0.1, 0.15) is 0 Å². The Morgan fingerprint density at radius 3 is 2.71 bits per heavy atom. The minimum Gasteiger partial charge on any atom is -0.379 e. The highest BCUT2D eigenvalue weighted by atomic mass is 32.2. The van der Waals surface area contributed by atoms with E-state index >= 15 is 0 Å². The summed E-state index contributed by atoms with van der Waals surface area (Å²) in [5, 5.41) is 12.4. The number of nitrogens with one attached hydrogen (secondary N) is 1. The molecular formula is C22H26N6O2S. The molecule has 0 atom stereocenters. The Kier molecular flexibility index (Phi) is 7.65. The number of nitrogens with zero attached hydrogens (tertiary/aromatic N) is 5. The average Bonchev–Trinajstić information content (AvgIpc) is 3.26. The summed E-state index contributed by atoms with van der Waals surface area (Å²) in [6.45, 7) is 5.19. The lowest BCUT2D eigenvalue weighted by atomic mass is 10.2. The molecule has 4 rings (SSSR count). The third-order valence-corrected chi connectivity index (χ3v) is 5.91. The second kappa shape index (κ2) is 11.0. The van der Waals surface area contributed by atoms with Gasteiger partial charge in [0.15, 0.2) is 11.0 Å². The molecule has 8 nitrogen and oxygen atoms in total. The van der Waals surface area contributed by atoms with E-state index in [0.29, 0.717) is 17.5 Å². The molecule has 0 bridgehead atoms. The van der Waals surface area contributed by atoms with Crippen molar-refractivity contribution in [1.82, 2.24) is 30.0 Å². The number of benzene rings is 1. The van der Waals surface area contributed by atoms with E-state index < -0.39 is 0 Å². The van der Waals surface area contributed by atoms with Crippen molar-refractivity contribution in [2.45, 2.75) is 11.6 Å². The van der Waals surface area contributed by atoms with E-state index in [-0.39, 0.29) is 11.7 Å². The molecule has 0 aliphatic carbocycles. The number of thioether (sulfide) groups is 1. The fraction of sp³-hybridized carbons (Fsp3) is 0.364. The molecule has 1 fully saturated rings. The Balaban J connectivity index is 1.36. The van der Waals surface area contributed by atoms with Gasteiger partial charge in [0.25, 0.3) is 0 Å². The molecule has 1 N–H and O–H groups in total. The zero-order chi connectivity index (χ0) is 21.3. The highest BCUT2D eigenvalue weighted by Crippen LogP contribution is 2.27. The van der Waals surface area contributed by atoms with Crippen molar-refractivity contribution in [3.8, 4) is 17.1 Å². The van der Waals surface area contributed by atoms with Gasteiger partial charge in [-0.25, -0.2) is 0 Å². The number of hydrogen-bond donors (Lipinski definition) is 1. The normalized spacial score (nSPS) is 14.5. The molecule has 162 valence electrons. The van der Waals surface area contributed by atoms with Crippen LogP contribution in [0.15, 0.2) is 60.0 Å². The van der Waals surface area contributed by atoms with Crippen molar-refractivity contribution < 1.29 is 9.53 Å². The minimum absolute atomic E-state index is 0.00230. The maximum Gasteiger partial charge on any atom is 0.230 e. The van der Waals surface area contributed by atoms with Crippen molar-refractivity contribution in [1.29, 1.82) is 0 Å². The zero-order valence-electron chi connectivity index (χ0n) is 17.3. The molecule has 0 unspecified atom stereocenters. The van der Waals surface area contributed by atoms with E-state index in [9.17, 15) is 4.79 Å². The van der Waals surface area contributed by atoms with Gasteiger partial charge < -0.3 is 10.1 Å². The second-order valence-electron chi connectivity index (χ2n) is 7.17. The first kappa shape index (κ1) is 21.5. The Hall–Kier alpha value is -2.75. The first-order chi connectivity index (χ1) is 15.3. The van der Waals surface area contributed by atoms with Crippen molar-refractivity contribution in [2.75, 3.05) is 45.1 Å². The summed E-state index contributed by atoms with van der Waals surface area (Å²) in [7, 11) is 0. The van der Waals surface area contributed by atoms with Gasteiger partial charge >= 0.3 is 0 Å². The monoisotopic (exact) mass is 438 g/mol. The van der Waals surface area contributed by atoms with E-state index in [2.05, 4.69) is 25.4 Å². The maximum atomic E-state index is 12.4. The largest absolute Gasteiger partial charge is 0.379 e. The highest BCUT2D eigenvalue weighted by molar-refractivity contribution is 7.99. The molecule has 1 aliphatic heterocycles. The Morgan fingerprint density at radius 2 is 1.94 bits per heavy atom. The van der Waals surface area contributed by atoms with E-state index in [1.165, 1.54) is 11.8 Å². The molecule has 2 aromatic heterocycles. The number of hydrogen-bond acceptors (Lipinski definition) is 7. The van der Waals surface area contributed by atoms with Gasteiger partial charge in [-0.1, -0.05) is 30.0 Å². The van der Waals surface area contributed by atoms with E-state index in [1.54, 1.807) is 12.4 Å². The third-order valence-electron chi connectivity index (χ3n) is 4.98. The van der Waals surface area contributed by atoms with Crippen LogP contribution in [0.4, 0.5) is 0 Å². The molecule has 1 saturated heterocycles. The van der Waals surface area contributed by atoms with E-state index in [0.717, 1.165) is 50.5 Å². The first-order valence-corrected chi connectivity index (χ1v) is 11.4. The lowest BCUT2D eigenvalue weighted by Crippen LogP contribution is -2.38. The first-order valence-electron chi connectivity index (χ1n) is 10.4. The minimum atomic E-state index is -0.00230. The van der Waals surface area contributed by atoms with Crippen LogP contribution in [0, 0.1) is 0 Å². The molecule has 3 heterocycles. The number of pyridine rings is 1. The summed E-state index contributed by atoms with van der Waals surface area (Å²) >= 11 is 1.38. The van der Waals surface area contributed by atoms with Crippen LogP contribution in [-0.2, 0) is 9.53 Å². The van der Waals surface area contributed by atoms with Gasteiger partial charge in [-0.15, -0.1) is 10.2 Å². The molecule has 0 spiro atoms. The molecule has 1 aliphatic rings. The number of aromatic nitrogens is 4. The molecule has 3 aromatic rings. The van der Waals surface area contributed by atoms with Gasteiger partial charge in [-0.2, -0.15) is 0 Å². The highest BCUT2D eigenvalue weighted by Gasteiger charge is 2.17. The SMILES string of the molecule is O=C(CSc1nnc(-c2cccnc2)n1-c1ccccc1)NCCCN1CCOCC1. The number of para-hydroxylation sites is 1. The van der Waals surface area contributed by atoms with Crippen LogP contribution in [0.25, 0.3) is 17.1 Å². The fourth-order valence-electron chi connectivity index (χ4n) is 3.39. The molecule has 1 amide bonds. The quantitative estimate of drug-likeness (QED) is 0.405. The molecular weight excluding hydrogens is 412 g/mol. The number of rotatable bonds is 9. The van der Waals surface area contributed by atoms with E-state index in [1.807, 2.05) is 47.0 Å². The Labute approximate surface area is 186 Å². The van der Waals surface area contributed by atoms with Crippen LogP contribution in [0.3, 0.4) is 0 Å². The predicted molar refractivity (Wildman–Crippen MR) is 120 cm³/mol. The molecule has 31 heavy (non-hydrogen) atoms. The standard InChI is InChI=1S/C22H26N6O2S/c29-20(24-10-5-11-27-12-14-30-15-13-27)17-31-22-26-25-21(18-6-4-9-23-16-18)28(22)19-7-2-1-3-8-19/h1-4,6-9,16H,5,10-15,17H2,(H,24,29). The van der Waals surface area contributed by atoms with Crippen molar-refractivity contribution in [3.63, 3.8) is 0 Å². The second-order valence-corrected chi connectivity index (χ2v) is 8.11. The van der Waals surface area contributed by atoms with Gasteiger partial charge in [-0.3, -0.25) is 19.2 Å². The summed E-state index contributed by atoms with van der Waals surface area (Å²) in [6, 6.07) is 13.7. The van der Waals surface area contributed by atoms with E-state index in [4.69, 9.17) is 4.74 Å². The van der Waals surface area contributed by atoms with Crippen LogP contribution in [0.5, 0.6) is 0 Å². The van der Waals surface area contributed by atoms with Crippen LogP contribution < -0.4 is 5.32 Å². The Morgan fingerprint density at radius 1 is 1.10 bits per heavy atom. The predicted octanol–water partition coefficient (Wildman–Crippen LogP) is 2.26. The van der Waals surface area contributed by atoms with Gasteiger partial charge in [0.2, 0.25) is 5.91 Å². The van der Waals surface area contributed by atoms with Gasteiger partial charge in [0, 0.05) is 43.3 Å². The summed E-state index contributed by atoms with van der Waals surface area (Å²) in [5.74, 6) is 0.987. The summed E-state index contributed by atoms with van der Waals surface area (Å²) in [4.78, 5) is 18.9. The maximum absolute atomic E-state index is 12.4. The molecule has 9 heteroatoms. The van der Waals surface area contributed by atoms with Crippen molar-refractivity contribution in [3.05, 3.63) is 54.9 Å².